The van der Waals surface area contributed by atoms with Gasteiger partial charge in [0.25, 0.3) is 0 Å². The zero-order valence-electron chi connectivity index (χ0n) is 12.4. The topological polar surface area (TPSA) is 46.3 Å². The molecule has 0 radical (unpaired) electrons. The zero-order valence-corrected chi connectivity index (χ0v) is 12.4. The molecule has 106 valence electrons. The van der Waals surface area contributed by atoms with Crippen molar-refractivity contribution in [3.63, 3.8) is 0 Å². The molecule has 0 unspecified atom stereocenters. The molecule has 1 rings (SSSR count). The second kappa shape index (κ2) is 7.13. The Hall–Kier alpha value is -0.570. The molecule has 0 saturated heterocycles. The first kappa shape index (κ1) is 15.5. The molecule has 2 N–H and O–H groups in total. The van der Waals surface area contributed by atoms with Crippen LogP contribution >= 0.6 is 0 Å². The molecule has 1 aliphatic rings. The Labute approximate surface area is 112 Å². The Balaban J connectivity index is 2.66. The standard InChI is InChI=1S/C15H30N2O/c1-13(2)12-17(11-7-10-16)14(18)15(3)8-5-4-6-9-15/h13H,4-12,16H2,1-3H3. The van der Waals surface area contributed by atoms with Crippen LogP contribution in [0.25, 0.3) is 0 Å². The van der Waals surface area contributed by atoms with Gasteiger partial charge in [0, 0.05) is 18.5 Å². The third-order valence-corrected chi connectivity index (χ3v) is 3.98. The Morgan fingerprint density at radius 3 is 2.39 bits per heavy atom. The van der Waals surface area contributed by atoms with E-state index in [0.29, 0.717) is 18.4 Å². The van der Waals surface area contributed by atoms with E-state index in [1.807, 2.05) is 0 Å². The maximum Gasteiger partial charge on any atom is 0.228 e. The number of hydrogen-bond donors (Lipinski definition) is 1. The number of nitrogens with zero attached hydrogens (tertiary/aromatic N) is 1. The molecule has 18 heavy (non-hydrogen) atoms. The highest BCUT2D eigenvalue weighted by Crippen LogP contribution is 2.37. The van der Waals surface area contributed by atoms with E-state index >= 15 is 0 Å². The Kier molecular flexibility index (Phi) is 6.13. The molecular formula is C15H30N2O. The average Bonchev–Trinajstić information content (AvgIpc) is 2.34. The van der Waals surface area contributed by atoms with E-state index < -0.39 is 0 Å². The molecule has 1 aliphatic carbocycles. The number of rotatable bonds is 6. The molecule has 0 spiro atoms. The van der Waals surface area contributed by atoms with Gasteiger partial charge in [0.05, 0.1) is 0 Å². The number of carbonyl (C=O) groups excluding carboxylic acids is 1. The zero-order chi connectivity index (χ0) is 13.6. The molecule has 0 aromatic heterocycles. The van der Waals surface area contributed by atoms with Crippen molar-refractivity contribution in [1.82, 2.24) is 4.90 Å². The summed E-state index contributed by atoms with van der Waals surface area (Å²) in [6.45, 7) is 8.86. The minimum atomic E-state index is -0.109. The summed E-state index contributed by atoms with van der Waals surface area (Å²) in [5.74, 6) is 0.892. The second-order valence-corrected chi connectivity index (χ2v) is 6.41. The highest BCUT2D eigenvalue weighted by molar-refractivity contribution is 5.82. The van der Waals surface area contributed by atoms with E-state index in [1.54, 1.807) is 0 Å². The summed E-state index contributed by atoms with van der Waals surface area (Å²) >= 11 is 0. The van der Waals surface area contributed by atoms with Gasteiger partial charge in [0.1, 0.15) is 0 Å². The lowest BCUT2D eigenvalue weighted by Gasteiger charge is -2.38. The van der Waals surface area contributed by atoms with E-state index in [-0.39, 0.29) is 5.41 Å². The van der Waals surface area contributed by atoms with Gasteiger partial charge in [0.15, 0.2) is 0 Å². The number of amides is 1. The fraction of sp³-hybridized carbons (Fsp3) is 0.933. The summed E-state index contributed by atoms with van der Waals surface area (Å²) in [5, 5.41) is 0. The van der Waals surface area contributed by atoms with Crippen LogP contribution in [-0.2, 0) is 4.79 Å². The lowest BCUT2D eigenvalue weighted by atomic mass is 9.74. The number of carbonyl (C=O) groups is 1. The molecule has 3 nitrogen and oxygen atoms in total. The van der Waals surface area contributed by atoms with Crippen molar-refractivity contribution in [2.45, 2.75) is 59.3 Å². The first-order valence-electron chi connectivity index (χ1n) is 7.49. The van der Waals surface area contributed by atoms with E-state index in [2.05, 4.69) is 25.7 Å². The maximum absolute atomic E-state index is 12.7. The van der Waals surface area contributed by atoms with Crippen LogP contribution in [0.1, 0.15) is 59.3 Å². The van der Waals surface area contributed by atoms with E-state index in [1.165, 1.54) is 19.3 Å². The normalized spacial score (nSPS) is 18.9. The predicted molar refractivity (Wildman–Crippen MR) is 76.3 cm³/mol. The smallest absolute Gasteiger partial charge is 0.228 e. The van der Waals surface area contributed by atoms with Crippen LogP contribution in [0.3, 0.4) is 0 Å². The van der Waals surface area contributed by atoms with Crippen LogP contribution in [-0.4, -0.2) is 30.4 Å². The van der Waals surface area contributed by atoms with Gasteiger partial charge in [-0.3, -0.25) is 4.79 Å². The Morgan fingerprint density at radius 2 is 1.89 bits per heavy atom. The van der Waals surface area contributed by atoms with Crippen molar-refractivity contribution in [3.05, 3.63) is 0 Å². The molecule has 0 atom stereocenters. The van der Waals surface area contributed by atoms with Crippen LogP contribution in [0.5, 0.6) is 0 Å². The lowest BCUT2D eigenvalue weighted by Crippen LogP contribution is -2.45. The van der Waals surface area contributed by atoms with Crippen molar-refractivity contribution >= 4 is 5.91 Å². The molecular weight excluding hydrogens is 224 g/mol. The molecule has 3 heteroatoms. The van der Waals surface area contributed by atoms with Crippen LogP contribution in [0.15, 0.2) is 0 Å². The molecule has 0 aromatic rings. The second-order valence-electron chi connectivity index (χ2n) is 6.41. The predicted octanol–water partition coefficient (Wildman–Crippen LogP) is 2.79. The van der Waals surface area contributed by atoms with Gasteiger partial charge in [-0.25, -0.2) is 0 Å². The van der Waals surface area contributed by atoms with E-state index in [9.17, 15) is 4.79 Å². The number of nitrogens with two attached hydrogens (primary N) is 1. The van der Waals surface area contributed by atoms with Crippen LogP contribution < -0.4 is 5.73 Å². The summed E-state index contributed by atoms with van der Waals surface area (Å²) in [6.07, 6.45) is 6.72. The van der Waals surface area contributed by atoms with Crippen LogP contribution in [0.2, 0.25) is 0 Å². The van der Waals surface area contributed by atoms with Gasteiger partial charge >= 0.3 is 0 Å². The minimum absolute atomic E-state index is 0.109. The largest absolute Gasteiger partial charge is 0.342 e. The van der Waals surface area contributed by atoms with Crippen molar-refractivity contribution in [2.75, 3.05) is 19.6 Å². The molecule has 0 aliphatic heterocycles. The lowest BCUT2D eigenvalue weighted by molar-refractivity contribution is -0.143. The number of hydrogen-bond acceptors (Lipinski definition) is 2. The third-order valence-electron chi connectivity index (χ3n) is 3.98. The van der Waals surface area contributed by atoms with Gasteiger partial charge in [-0.1, -0.05) is 40.0 Å². The summed E-state index contributed by atoms with van der Waals surface area (Å²) in [6, 6.07) is 0. The van der Waals surface area contributed by atoms with E-state index in [4.69, 9.17) is 5.73 Å². The first-order valence-corrected chi connectivity index (χ1v) is 7.49. The maximum atomic E-state index is 12.7. The van der Waals surface area contributed by atoms with Gasteiger partial charge in [-0.2, -0.15) is 0 Å². The minimum Gasteiger partial charge on any atom is -0.342 e. The molecule has 1 fully saturated rings. The summed E-state index contributed by atoms with van der Waals surface area (Å²) in [5.41, 5.74) is 5.47. The monoisotopic (exact) mass is 254 g/mol. The third kappa shape index (κ3) is 4.27. The first-order chi connectivity index (χ1) is 8.49. The Bertz CT molecular complexity index is 257. The quantitative estimate of drug-likeness (QED) is 0.792. The fourth-order valence-corrected chi connectivity index (χ4v) is 2.93. The summed E-state index contributed by atoms with van der Waals surface area (Å²) < 4.78 is 0. The van der Waals surface area contributed by atoms with Crippen molar-refractivity contribution < 1.29 is 4.79 Å². The van der Waals surface area contributed by atoms with Crippen molar-refractivity contribution in [3.8, 4) is 0 Å². The molecule has 1 amide bonds. The SMILES string of the molecule is CC(C)CN(CCCN)C(=O)C1(C)CCCCC1. The highest BCUT2D eigenvalue weighted by Gasteiger charge is 2.37. The van der Waals surface area contributed by atoms with Crippen LogP contribution in [0, 0.1) is 11.3 Å². The average molecular weight is 254 g/mol. The summed E-state index contributed by atoms with van der Waals surface area (Å²) in [4.78, 5) is 14.8. The molecule has 0 heterocycles. The van der Waals surface area contributed by atoms with Gasteiger partial charge in [-0.05, 0) is 31.7 Å². The fourth-order valence-electron chi connectivity index (χ4n) is 2.93. The van der Waals surface area contributed by atoms with Crippen LogP contribution in [0.4, 0.5) is 0 Å². The molecule has 0 aromatic carbocycles. The van der Waals surface area contributed by atoms with Gasteiger partial charge in [-0.15, -0.1) is 0 Å². The summed E-state index contributed by atoms with van der Waals surface area (Å²) in [7, 11) is 0. The van der Waals surface area contributed by atoms with Crippen molar-refractivity contribution in [1.29, 1.82) is 0 Å². The molecule has 1 saturated carbocycles. The van der Waals surface area contributed by atoms with E-state index in [0.717, 1.165) is 32.4 Å². The molecule has 0 bridgehead atoms. The van der Waals surface area contributed by atoms with Crippen molar-refractivity contribution in [2.24, 2.45) is 17.1 Å². The van der Waals surface area contributed by atoms with Gasteiger partial charge < -0.3 is 10.6 Å². The highest BCUT2D eigenvalue weighted by atomic mass is 16.2. The Morgan fingerprint density at radius 1 is 1.28 bits per heavy atom. The van der Waals surface area contributed by atoms with Gasteiger partial charge in [0.2, 0.25) is 5.91 Å².